The summed E-state index contributed by atoms with van der Waals surface area (Å²) in [4.78, 5) is 14.6. The van der Waals surface area contributed by atoms with Crippen LogP contribution in [0.5, 0.6) is 0 Å². The van der Waals surface area contributed by atoms with Gasteiger partial charge in [0.05, 0.1) is 30.2 Å². The van der Waals surface area contributed by atoms with Crippen molar-refractivity contribution in [3.8, 4) is 16.9 Å². The third kappa shape index (κ3) is 6.29. The highest BCUT2D eigenvalue weighted by Crippen LogP contribution is 2.34. The van der Waals surface area contributed by atoms with Crippen LogP contribution in [0, 0.1) is 13.8 Å². The van der Waals surface area contributed by atoms with E-state index in [2.05, 4.69) is 20.7 Å². The van der Waals surface area contributed by atoms with Crippen LogP contribution in [0.15, 0.2) is 48.8 Å². The number of hydrogen-bond donors (Lipinski definition) is 1. The van der Waals surface area contributed by atoms with Crippen LogP contribution in [0.25, 0.3) is 16.9 Å². The maximum atomic E-state index is 13.9. The van der Waals surface area contributed by atoms with Crippen LogP contribution in [0.2, 0.25) is 0 Å². The molecule has 1 amide bonds. The van der Waals surface area contributed by atoms with E-state index >= 15 is 0 Å². The SMILES string of the molecule is Cc1ccc(C(=O)Nc2cc(CN3CCCC(F)(F)C3)cc(C(F)(F)F)c2)cc1-n1cc(-c2cnn(C)c2C)nn1. The lowest BCUT2D eigenvalue weighted by atomic mass is 10.0. The van der Waals surface area contributed by atoms with Gasteiger partial charge in [-0.2, -0.15) is 18.3 Å². The maximum absolute atomic E-state index is 13.9. The molecule has 0 radical (unpaired) electrons. The predicted molar refractivity (Wildman–Crippen MR) is 142 cm³/mol. The van der Waals surface area contributed by atoms with Crippen LogP contribution in [-0.2, 0) is 19.8 Å². The van der Waals surface area contributed by atoms with E-state index in [9.17, 15) is 26.7 Å². The quantitative estimate of drug-likeness (QED) is 0.296. The third-order valence-corrected chi connectivity index (χ3v) is 7.18. The molecule has 8 nitrogen and oxygen atoms in total. The molecule has 0 unspecified atom stereocenters. The lowest BCUT2D eigenvalue weighted by Gasteiger charge is -2.32. The van der Waals surface area contributed by atoms with Crippen LogP contribution in [0.1, 0.15) is 45.6 Å². The third-order valence-electron chi connectivity index (χ3n) is 7.18. The first kappa shape index (κ1) is 28.4. The highest BCUT2D eigenvalue weighted by Gasteiger charge is 2.36. The molecule has 1 aliphatic heterocycles. The van der Waals surface area contributed by atoms with Crippen LogP contribution >= 0.6 is 0 Å². The zero-order valence-electron chi connectivity index (χ0n) is 22.6. The second-order valence-electron chi connectivity index (χ2n) is 10.4. The molecule has 0 spiro atoms. The number of nitrogens with one attached hydrogen (secondary N) is 1. The molecule has 1 aliphatic rings. The minimum Gasteiger partial charge on any atom is -0.322 e. The van der Waals surface area contributed by atoms with Crippen molar-refractivity contribution in [2.45, 2.75) is 45.3 Å². The number of rotatable bonds is 6. The van der Waals surface area contributed by atoms with Gasteiger partial charge in [-0.05, 0) is 68.3 Å². The molecule has 1 saturated heterocycles. The molecular weight excluding hydrogens is 545 g/mol. The second-order valence-corrected chi connectivity index (χ2v) is 10.4. The Balaban J connectivity index is 1.40. The van der Waals surface area contributed by atoms with Gasteiger partial charge in [0.15, 0.2) is 0 Å². The highest BCUT2D eigenvalue weighted by molar-refractivity contribution is 6.04. The maximum Gasteiger partial charge on any atom is 0.416 e. The number of alkyl halides is 5. The van der Waals surface area contributed by atoms with E-state index in [0.29, 0.717) is 17.9 Å². The van der Waals surface area contributed by atoms with Gasteiger partial charge in [-0.15, -0.1) is 5.10 Å². The number of nitrogens with zero attached hydrogens (tertiary/aromatic N) is 6. The zero-order valence-corrected chi connectivity index (χ0v) is 22.6. The van der Waals surface area contributed by atoms with Crippen molar-refractivity contribution in [2.75, 3.05) is 18.4 Å². The van der Waals surface area contributed by atoms with Crippen LogP contribution in [-0.4, -0.2) is 54.6 Å². The summed E-state index contributed by atoms with van der Waals surface area (Å²) in [7, 11) is 1.81. The summed E-state index contributed by atoms with van der Waals surface area (Å²) in [5.41, 5.74) is 2.96. The number of halogens is 5. The molecule has 1 N–H and O–H groups in total. The predicted octanol–water partition coefficient (Wildman–Crippen LogP) is 5.79. The van der Waals surface area contributed by atoms with Crippen LogP contribution < -0.4 is 5.32 Å². The molecule has 2 aromatic heterocycles. The van der Waals surface area contributed by atoms with Crippen molar-refractivity contribution >= 4 is 11.6 Å². The Kier molecular flexibility index (Phi) is 7.41. The van der Waals surface area contributed by atoms with Crippen molar-refractivity contribution in [3.05, 3.63) is 76.7 Å². The minimum atomic E-state index is -4.68. The molecule has 0 aliphatic carbocycles. The first-order valence-electron chi connectivity index (χ1n) is 12.9. The molecule has 1 fully saturated rings. The molecule has 4 aromatic rings. The monoisotopic (exact) mass is 573 g/mol. The summed E-state index contributed by atoms with van der Waals surface area (Å²) < 4.78 is 72.0. The molecule has 3 heterocycles. The van der Waals surface area contributed by atoms with Gasteiger partial charge < -0.3 is 5.32 Å². The van der Waals surface area contributed by atoms with Gasteiger partial charge in [0.1, 0.15) is 5.69 Å². The molecule has 13 heteroatoms. The van der Waals surface area contributed by atoms with Gasteiger partial charge in [0.25, 0.3) is 11.8 Å². The number of hydrogen-bond acceptors (Lipinski definition) is 5. The fraction of sp³-hybridized carbons (Fsp3) is 0.357. The Bertz CT molecular complexity index is 1590. The van der Waals surface area contributed by atoms with E-state index in [-0.39, 0.29) is 36.2 Å². The summed E-state index contributed by atoms with van der Waals surface area (Å²) in [6.45, 7) is 3.46. The smallest absolute Gasteiger partial charge is 0.322 e. The van der Waals surface area contributed by atoms with Gasteiger partial charge >= 0.3 is 6.18 Å². The number of carbonyl (C=O) groups is 1. The van der Waals surface area contributed by atoms with E-state index in [1.807, 2.05) is 20.9 Å². The Hall–Kier alpha value is -4.13. The van der Waals surface area contributed by atoms with Crippen molar-refractivity contribution in [1.29, 1.82) is 0 Å². The second kappa shape index (κ2) is 10.7. The number of aromatic nitrogens is 5. The molecule has 0 bridgehead atoms. The molecule has 0 atom stereocenters. The summed E-state index contributed by atoms with van der Waals surface area (Å²) in [6, 6.07) is 7.98. The van der Waals surface area contributed by atoms with Gasteiger partial charge in [0.2, 0.25) is 0 Å². The van der Waals surface area contributed by atoms with E-state index < -0.39 is 30.1 Å². The number of piperidine rings is 1. The van der Waals surface area contributed by atoms with E-state index in [1.54, 1.807) is 35.3 Å². The van der Waals surface area contributed by atoms with E-state index in [0.717, 1.165) is 29.0 Å². The van der Waals surface area contributed by atoms with Crippen molar-refractivity contribution in [3.63, 3.8) is 0 Å². The first-order valence-corrected chi connectivity index (χ1v) is 12.9. The Labute approximate surface area is 232 Å². The van der Waals surface area contributed by atoms with E-state index in [1.165, 1.54) is 15.6 Å². The summed E-state index contributed by atoms with van der Waals surface area (Å²) in [5.74, 6) is -3.52. The average molecular weight is 574 g/mol. The van der Waals surface area contributed by atoms with Crippen molar-refractivity contribution < 1.29 is 26.7 Å². The minimum absolute atomic E-state index is 0.0826. The Morgan fingerprint density at radius 1 is 1.12 bits per heavy atom. The van der Waals surface area contributed by atoms with Gasteiger partial charge in [0, 0.05) is 42.5 Å². The van der Waals surface area contributed by atoms with Crippen molar-refractivity contribution in [1.82, 2.24) is 29.7 Å². The summed E-state index contributed by atoms with van der Waals surface area (Å²) in [6.07, 6.45) is -1.29. The van der Waals surface area contributed by atoms with Gasteiger partial charge in [-0.25, -0.2) is 13.5 Å². The molecular formula is C28H28F5N7O. The lowest BCUT2D eigenvalue weighted by Crippen LogP contribution is -2.42. The number of benzene rings is 2. The summed E-state index contributed by atoms with van der Waals surface area (Å²) in [5, 5.41) is 15.2. The fourth-order valence-corrected chi connectivity index (χ4v) is 4.91. The topological polar surface area (TPSA) is 80.9 Å². The lowest BCUT2D eigenvalue weighted by molar-refractivity contribution is -0.137. The van der Waals surface area contributed by atoms with Crippen molar-refractivity contribution in [2.24, 2.45) is 7.05 Å². The molecule has 5 rings (SSSR count). The Morgan fingerprint density at radius 3 is 2.59 bits per heavy atom. The molecule has 0 saturated carbocycles. The summed E-state index contributed by atoms with van der Waals surface area (Å²) >= 11 is 0. The molecule has 2 aromatic carbocycles. The number of carbonyl (C=O) groups excluding carboxylic acids is 1. The van der Waals surface area contributed by atoms with Gasteiger partial charge in [-0.1, -0.05) is 11.3 Å². The normalized spacial score (nSPS) is 15.7. The number of likely N-dealkylation sites (tertiary alicyclic amines) is 1. The molecule has 216 valence electrons. The average Bonchev–Trinajstić information content (AvgIpc) is 3.49. The highest BCUT2D eigenvalue weighted by atomic mass is 19.4. The first-order chi connectivity index (χ1) is 19.3. The van der Waals surface area contributed by atoms with Gasteiger partial charge in [-0.3, -0.25) is 14.4 Å². The largest absolute Gasteiger partial charge is 0.416 e. The van der Waals surface area contributed by atoms with E-state index in [4.69, 9.17) is 0 Å². The number of aryl methyl sites for hydroxylation is 2. The number of amides is 1. The van der Waals surface area contributed by atoms with Crippen LogP contribution in [0.4, 0.5) is 27.6 Å². The fourth-order valence-electron chi connectivity index (χ4n) is 4.91. The zero-order chi connectivity index (χ0) is 29.5. The standard InChI is InChI=1S/C28H28F5N7O/c1-17-5-6-20(11-25(17)40-15-24(36-37-40)23-13-34-38(3)18(23)2)26(41)35-22-10-19(9-21(12-22)28(31,32)33)14-39-8-4-7-27(29,30)16-39/h5-6,9-13,15H,4,7-8,14,16H2,1-3H3,(H,35,41). The van der Waals surface area contributed by atoms with Crippen LogP contribution in [0.3, 0.4) is 0 Å². The Morgan fingerprint density at radius 2 is 1.90 bits per heavy atom. The number of anilines is 1. The molecule has 41 heavy (non-hydrogen) atoms.